The number of methoxy groups -OCH3 is 1. The number of para-hydroxylation sites is 1. The average Bonchev–Trinajstić information content (AvgIpc) is 3.15. The van der Waals surface area contributed by atoms with Crippen LogP contribution in [0.3, 0.4) is 0 Å². The number of aromatic amines is 1. The summed E-state index contributed by atoms with van der Waals surface area (Å²) in [6.07, 6.45) is 0. The van der Waals surface area contributed by atoms with Crippen LogP contribution in [0, 0.1) is 0 Å². The molecule has 0 atom stereocenters. The van der Waals surface area contributed by atoms with Gasteiger partial charge >= 0.3 is 5.91 Å². The van der Waals surface area contributed by atoms with Gasteiger partial charge in [0.2, 0.25) is 5.88 Å². The fraction of sp³-hybridized carbons (Fsp3) is 0.0556. The molecule has 2 aromatic carbocycles. The zero-order valence-corrected chi connectivity index (χ0v) is 15.1. The number of fused-ring (bicyclic) bond motifs is 2. The number of aromatic hydroxyl groups is 1. The van der Waals surface area contributed by atoms with Gasteiger partial charge in [-0.2, -0.15) is 0 Å². The summed E-state index contributed by atoms with van der Waals surface area (Å²) in [6, 6.07) is 12.6. The standard InChI is InChI=1S/C18H12ClN3O3S/c1-25-9-6-7-11-13(8-9)26-16(14(11)19)18(24)22-21-15-10-4-2-3-5-12(10)20-17(15)23/h2-8,20,23H,1H3. The third-order valence-electron chi connectivity index (χ3n) is 3.93. The van der Waals surface area contributed by atoms with E-state index in [-0.39, 0.29) is 16.4 Å². The second-order valence-corrected chi connectivity index (χ2v) is 6.91. The maximum absolute atomic E-state index is 12.5. The minimum Gasteiger partial charge on any atom is -0.497 e. The summed E-state index contributed by atoms with van der Waals surface area (Å²) in [5.74, 6) is -0.0328. The summed E-state index contributed by atoms with van der Waals surface area (Å²) in [4.78, 5) is 15.6. The summed E-state index contributed by atoms with van der Waals surface area (Å²) in [6.45, 7) is 0. The molecule has 0 unspecified atom stereocenters. The molecule has 130 valence electrons. The van der Waals surface area contributed by atoms with Crippen LogP contribution in [-0.2, 0) is 0 Å². The summed E-state index contributed by atoms with van der Waals surface area (Å²) < 4.78 is 6.01. The van der Waals surface area contributed by atoms with Crippen molar-refractivity contribution < 1.29 is 14.6 Å². The van der Waals surface area contributed by atoms with Crippen LogP contribution in [0.2, 0.25) is 5.02 Å². The minimum atomic E-state index is -0.570. The lowest BCUT2D eigenvalue weighted by molar-refractivity contribution is 0.0999. The van der Waals surface area contributed by atoms with E-state index >= 15 is 0 Å². The molecule has 6 nitrogen and oxygen atoms in total. The molecule has 0 fully saturated rings. The van der Waals surface area contributed by atoms with Gasteiger partial charge in [-0.3, -0.25) is 4.79 Å². The molecule has 4 rings (SSSR count). The number of carbonyl (C=O) groups is 1. The van der Waals surface area contributed by atoms with E-state index in [0.29, 0.717) is 21.7 Å². The quantitative estimate of drug-likeness (QED) is 0.445. The number of amides is 1. The molecule has 2 N–H and O–H groups in total. The Hall–Kier alpha value is -2.90. The van der Waals surface area contributed by atoms with E-state index in [4.69, 9.17) is 16.3 Å². The van der Waals surface area contributed by atoms with Gasteiger partial charge in [-0.25, -0.2) is 0 Å². The molecule has 8 heteroatoms. The van der Waals surface area contributed by atoms with Crippen LogP contribution in [0.15, 0.2) is 52.7 Å². The molecule has 1 amide bonds. The van der Waals surface area contributed by atoms with E-state index in [2.05, 4.69) is 15.2 Å². The molecule has 0 aliphatic heterocycles. The zero-order valence-electron chi connectivity index (χ0n) is 13.5. The smallest absolute Gasteiger partial charge is 0.307 e. The van der Waals surface area contributed by atoms with Crippen molar-refractivity contribution in [3.05, 3.63) is 52.4 Å². The first-order valence-corrected chi connectivity index (χ1v) is 8.79. The highest BCUT2D eigenvalue weighted by Crippen LogP contribution is 2.39. The van der Waals surface area contributed by atoms with Crippen molar-refractivity contribution in [3.8, 4) is 11.6 Å². The van der Waals surface area contributed by atoms with Gasteiger partial charge in [0.25, 0.3) is 0 Å². The van der Waals surface area contributed by atoms with Crippen molar-refractivity contribution >= 4 is 55.5 Å². The van der Waals surface area contributed by atoms with E-state index < -0.39 is 5.91 Å². The first kappa shape index (κ1) is 16.6. The molecule has 26 heavy (non-hydrogen) atoms. The minimum absolute atomic E-state index is 0.144. The number of nitrogens with one attached hydrogen (secondary N) is 1. The van der Waals surface area contributed by atoms with Crippen LogP contribution in [0.25, 0.3) is 21.0 Å². The lowest BCUT2D eigenvalue weighted by Crippen LogP contribution is -1.89. The van der Waals surface area contributed by atoms with Crippen LogP contribution in [0.4, 0.5) is 5.69 Å². The van der Waals surface area contributed by atoms with Crippen molar-refractivity contribution in [2.24, 2.45) is 10.2 Å². The number of nitrogens with zero attached hydrogens (tertiary/aromatic N) is 2. The molecule has 0 aliphatic carbocycles. The molecule has 0 saturated carbocycles. The van der Waals surface area contributed by atoms with Gasteiger partial charge in [0, 0.05) is 15.5 Å². The predicted molar refractivity (Wildman–Crippen MR) is 102 cm³/mol. The number of benzene rings is 2. The first-order chi connectivity index (χ1) is 12.6. The van der Waals surface area contributed by atoms with E-state index in [1.54, 1.807) is 31.4 Å². The van der Waals surface area contributed by atoms with Gasteiger partial charge in [0.05, 0.1) is 17.6 Å². The maximum Gasteiger partial charge on any atom is 0.307 e. The number of hydrogen-bond acceptors (Lipinski definition) is 5. The maximum atomic E-state index is 12.5. The molecule has 4 aromatic rings. The number of aromatic nitrogens is 1. The number of carbonyl (C=O) groups excluding carboxylic acids is 1. The third kappa shape index (κ3) is 2.71. The Morgan fingerprint density at radius 3 is 2.85 bits per heavy atom. The number of azo groups is 1. The molecular formula is C18H12ClN3O3S. The fourth-order valence-corrected chi connectivity index (χ4v) is 4.09. The molecule has 0 saturated heterocycles. The Labute approximate surface area is 156 Å². The lowest BCUT2D eigenvalue weighted by Gasteiger charge is -1.97. The lowest BCUT2D eigenvalue weighted by atomic mass is 10.2. The predicted octanol–water partition coefficient (Wildman–Crippen LogP) is 5.67. The molecule has 0 radical (unpaired) electrons. The highest BCUT2D eigenvalue weighted by Gasteiger charge is 2.18. The third-order valence-corrected chi connectivity index (χ3v) is 5.58. The first-order valence-electron chi connectivity index (χ1n) is 7.60. The summed E-state index contributed by atoms with van der Waals surface area (Å²) >= 11 is 7.55. The Bertz CT molecular complexity index is 1180. The number of halogens is 1. The van der Waals surface area contributed by atoms with E-state index in [1.807, 2.05) is 18.2 Å². The number of ether oxygens (including phenoxy) is 1. The van der Waals surface area contributed by atoms with Crippen LogP contribution in [-0.4, -0.2) is 23.1 Å². The van der Waals surface area contributed by atoms with Gasteiger partial charge in [0.15, 0.2) is 5.69 Å². The van der Waals surface area contributed by atoms with E-state index in [0.717, 1.165) is 10.1 Å². The second-order valence-electron chi connectivity index (χ2n) is 5.48. The van der Waals surface area contributed by atoms with Crippen LogP contribution in [0.1, 0.15) is 9.67 Å². The number of hydrogen-bond donors (Lipinski definition) is 2. The normalized spacial score (nSPS) is 11.6. The summed E-state index contributed by atoms with van der Waals surface area (Å²) in [5, 5.41) is 19.4. The van der Waals surface area contributed by atoms with Crippen LogP contribution >= 0.6 is 22.9 Å². The summed E-state index contributed by atoms with van der Waals surface area (Å²) in [5.41, 5.74) is 0.922. The van der Waals surface area contributed by atoms with Crippen LogP contribution in [0.5, 0.6) is 11.6 Å². The highest BCUT2D eigenvalue weighted by molar-refractivity contribution is 7.21. The van der Waals surface area contributed by atoms with Crippen molar-refractivity contribution in [2.45, 2.75) is 0 Å². The van der Waals surface area contributed by atoms with Gasteiger partial charge in [0.1, 0.15) is 10.6 Å². The monoisotopic (exact) mass is 385 g/mol. The van der Waals surface area contributed by atoms with Gasteiger partial charge in [-0.15, -0.1) is 21.6 Å². The molecule has 2 heterocycles. The van der Waals surface area contributed by atoms with Crippen LogP contribution < -0.4 is 4.74 Å². The topological polar surface area (TPSA) is 87.0 Å². The molecule has 2 aromatic heterocycles. The number of thiophene rings is 1. The Morgan fingerprint density at radius 2 is 2.04 bits per heavy atom. The van der Waals surface area contributed by atoms with Gasteiger partial charge < -0.3 is 14.8 Å². The largest absolute Gasteiger partial charge is 0.497 e. The van der Waals surface area contributed by atoms with E-state index in [9.17, 15) is 9.90 Å². The fourth-order valence-electron chi connectivity index (χ4n) is 2.67. The Kier molecular flexibility index (Phi) is 4.10. The molecule has 0 aliphatic rings. The number of H-pyrrole nitrogens is 1. The second kappa shape index (κ2) is 6.44. The Morgan fingerprint density at radius 1 is 1.23 bits per heavy atom. The molecule has 0 bridgehead atoms. The SMILES string of the molecule is COc1ccc2c(Cl)c(C(=O)N=Nc3c(O)[nH]c4ccccc34)sc2c1. The van der Waals surface area contributed by atoms with Gasteiger partial charge in [-0.1, -0.05) is 29.8 Å². The van der Waals surface area contributed by atoms with Crippen molar-refractivity contribution in [3.63, 3.8) is 0 Å². The summed E-state index contributed by atoms with van der Waals surface area (Å²) in [7, 11) is 1.57. The Balaban J connectivity index is 1.71. The highest BCUT2D eigenvalue weighted by atomic mass is 35.5. The number of rotatable bonds is 3. The molecule has 0 spiro atoms. The van der Waals surface area contributed by atoms with Crippen molar-refractivity contribution in [1.82, 2.24) is 4.98 Å². The van der Waals surface area contributed by atoms with Gasteiger partial charge in [-0.05, 0) is 24.3 Å². The average molecular weight is 386 g/mol. The van der Waals surface area contributed by atoms with Crippen molar-refractivity contribution in [2.75, 3.05) is 7.11 Å². The van der Waals surface area contributed by atoms with Crippen molar-refractivity contribution in [1.29, 1.82) is 0 Å². The zero-order chi connectivity index (χ0) is 18.3. The van der Waals surface area contributed by atoms with E-state index in [1.165, 1.54) is 11.3 Å². The molecular weight excluding hydrogens is 374 g/mol.